The van der Waals surface area contributed by atoms with Gasteiger partial charge in [-0.05, 0) is 31.2 Å². The Morgan fingerprint density at radius 1 is 1.32 bits per heavy atom. The second kappa shape index (κ2) is 6.61. The van der Waals surface area contributed by atoms with Gasteiger partial charge in [0.15, 0.2) is 5.76 Å². The van der Waals surface area contributed by atoms with Crippen molar-refractivity contribution in [1.29, 1.82) is 0 Å². The lowest BCUT2D eigenvalue weighted by Crippen LogP contribution is -2.04. The minimum Gasteiger partial charge on any atom is -0.463 e. The van der Waals surface area contributed by atoms with Crippen LogP contribution in [0.3, 0.4) is 0 Å². The first-order valence-corrected chi connectivity index (χ1v) is 7.73. The number of nitrogen functional groups attached to an aromatic ring is 1. The molecule has 0 unspecified atom stereocenters. The SMILES string of the molecule is CCCCCc1c(SC)nc(N)nc1-c1ccco1. The van der Waals surface area contributed by atoms with Gasteiger partial charge in [0.2, 0.25) is 5.95 Å². The van der Waals surface area contributed by atoms with E-state index in [0.717, 1.165) is 34.9 Å². The maximum atomic E-state index is 5.79. The van der Waals surface area contributed by atoms with Crippen LogP contribution in [0.25, 0.3) is 11.5 Å². The largest absolute Gasteiger partial charge is 0.463 e. The van der Waals surface area contributed by atoms with Crippen LogP contribution >= 0.6 is 11.8 Å². The highest BCUT2D eigenvalue weighted by Crippen LogP contribution is 2.30. The fourth-order valence-electron chi connectivity index (χ4n) is 2.04. The van der Waals surface area contributed by atoms with Crippen LogP contribution in [0.5, 0.6) is 0 Å². The predicted octanol–water partition coefficient (Wildman–Crippen LogP) is 3.77. The van der Waals surface area contributed by atoms with Crippen LogP contribution in [0, 0.1) is 0 Å². The molecule has 5 heteroatoms. The smallest absolute Gasteiger partial charge is 0.221 e. The van der Waals surface area contributed by atoms with E-state index < -0.39 is 0 Å². The normalized spacial score (nSPS) is 10.8. The third-order valence-electron chi connectivity index (χ3n) is 2.96. The van der Waals surface area contributed by atoms with Crippen molar-refractivity contribution in [3.8, 4) is 11.5 Å². The maximum absolute atomic E-state index is 5.79. The van der Waals surface area contributed by atoms with Gasteiger partial charge in [0, 0.05) is 5.56 Å². The van der Waals surface area contributed by atoms with Gasteiger partial charge < -0.3 is 10.2 Å². The van der Waals surface area contributed by atoms with Gasteiger partial charge in [-0.1, -0.05) is 19.8 Å². The minimum atomic E-state index is 0.301. The van der Waals surface area contributed by atoms with Gasteiger partial charge in [-0.25, -0.2) is 9.97 Å². The predicted molar refractivity (Wildman–Crippen MR) is 79.2 cm³/mol. The molecule has 0 aliphatic heterocycles. The van der Waals surface area contributed by atoms with Gasteiger partial charge in [-0.2, -0.15) is 0 Å². The zero-order valence-corrected chi connectivity index (χ0v) is 12.2. The molecule has 19 heavy (non-hydrogen) atoms. The molecule has 0 aliphatic carbocycles. The van der Waals surface area contributed by atoms with Crippen LogP contribution in [0.15, 0.2) is 27.8 Å². The summed E-state index contributed by atoms with van der Waals surface area (Å²) in [6.07, 6.45) is 8.15. The Bertz CT molecular complexity index is 526. The molecule has 0 radical (unpaired) electrons. The van der Waals surface area contributed by atoms with Crippen LogP contribution in [0.1, 0.15) is 31.7 Å². The molecule has 0 saturated carbocycles. The molecular formula is C14H19N3OS. The molecular weight excluding hydrogens is 258 g/mol. The van der Waals surface area contributed by atoms with Crippen molar-refractivity contribution in [2.75, 3.05) is 12.0 Å². The number of nitrogens with two attached hydrogens (primary N) is 1. The standard InChI is InChI=1S/C14H19N3OS/c1-3-4-5-7-10-12(11-8-6-9-18-11)16-14(15)17-13(10)19-2/h6,8-9H,3-5,7H2,1-2H3,(H2,15,16,17). The molecule has 0 saturated heterocycles. The molecule has 0 aliphatic rings. The lowest BCUT2D eigenvalue weighted by Gasteiger charge is -2.11. The van der Waals surface area contributed by atoms with Crippen LogP contribution in [0.2, 0.25) is 0 Å². The summed E-state index contributed by atoms with van der Waals surface area (Å²) in [6.45, 7) is 2.20. The third kappa shape index (κ3) is 3.29. The zero-order chi connectivity index (χ0) is 13.7. The molecule has 2 heterocycles. The summed E-state index contributed by atoms with van der Waals surface area (Å²) >= 11 is 1.61. The van der Waals surface area contributed by atoms with Crippen molar-refractivity contribution >= 4 is 17.7 Å². The van der Waals surface area contributed by atoms with E-state index in [1.807, 2.05) is 18.4 Å². The molecule has 2 aromatic rings. The van der Waals surface area contributed by atoms with E-state index in [1.165, 1.54) is 12.8 Å². The van der Waals surface area contributed by atoms with E-state index in [-0.39, 0.29) is 0 Å². The summed E-state index contributed by atoms with van der Waals surface area (Å²) in [5.41, 5.74) is 7.76. The van der Waals surface area contributed by atoms with E-state index in [2.05, 4.69) is 16.9 Å². The summed E-state index contributed by atoms with van der Waals surface area (Å²) in [5, 5.41) is 0.954. The van der Waals surface area contributed by atoms with Crippen molar-refractivity contribution < 1.29 is 4.42 Å². The number of anilines is 1. The van der Waals surface area contributed by atoms with E-state index in [4.69, 9.17) is 10.2 Å². The van der Waals surface area contributed by atoms with Crippen LogP contribution in [-0.2, 0) is 6.42 Å². The molecule has 102 valence electrons. The second-order valence-electron chi connectivity index (χ2n) is 4.35. The lowest BCUT2D eigenvalue weighted by atomic mass is 10.1. The highest BCUT2D eigenvalue weighted by Gasteiger charge is 2.16. The fourth-order valence-corrected chi connectivity index (χ4v) is 2.67. The number of thioether (sulfide) groups is 1. The van der Waals surface area contributed by atoms with Crippen LogP contribution < -0.4 is 5.73 Å². The van der Waals surface area contributed by atoms with Gasteiger partial charge in [0.05, 0.1) is 6.26 Å². The van der Waals surface area contributed by atoms with Crippen molar-refractivity contribution in [2.24, 2.45) is 0 Å². The number of aromatic nitrogens is 2. The molecule has 0 atom stereocenters. The van der Waals surface area contributed by atoms with E-state index in [1.54, 1.807) is 18.0 Å². The summed E-state index contributed by atoms with van der Waals surface area (Å²) in [6, 6.07) is 3.78. The monoisotopic (exact) mass is 277 g/mol. The molecule has 0 aromatic carbocycles. The Kier molecular flexibility index (Phi) is 4.85. The van der Waals surface area contributed by atoms with Gasteiger partial charge in [0.25, 0.3) is 0 Å². The topological polar surface area (TPSA) is 64.9 Å². The summed E-state index contributed by atoms with van der Waals surface area (Å²) in [5.74, 6) is 1.06. The van der Waals surface area contributed by atoms with E-state index >= 15 is 0 Å². The van der Waals surface area contributed by atoms with Crippen LogP contribution in [0.4, 0.5) is 5.95 Å². The number of hydrogen-bond donors (Lipinski definition) is 1. The summed E-state index contributed by atoms with van der Waals surface area (Å²) in [4.78, 5) is 8.69. The molecule has 2 N–H and O–H groups in total. The number of unbranched alkanes of at least 4 members (excludes halogenated alkanes) is 2. The van der Waals surface area contributed by atoms with Crippen LogP contribution in [-0.4, -0.2) is 16.2 Å². The van der Waals surface area contributed by atoms with Crippen molar-refractivity contribution in [1.82, 2.24) is 9.97 Å². The quantitative estimate of drug-likeness (QED) is 0.494. The van der Waals surface area contributed by atoms with Gasteiger partial charge in [-0.15, -0.1) is 11.8 Å². The molecule has 0 fully saturated rings. The maximum Gasteiger partial charge on any atom is 0.221 e. The highest BCUT2D eigenvalue weighted by molar-refractivity contribution is 7.98. The van der Waals surface area contributed by atoms with E-state index in [9.17, 15) is 0 Å². The molecule has 2 aromatic heterocycles. The average Bonchev–Trinajstić information content (AvgIpc) is 2.93. The Morgan fingerprint density at radius 3 is 2.79 bits per heavy atom. The Balaban J connectivity index is 2.41. The van der Waals surface area contributed by atoms with Gasteiger partial charge in [-0.3, -0.25) is 0 Å². The average molecular weight is 277 g/mol. The Labute approximate surface area is 117 Å². The number of hydrogen-bond acceptors (Lipinski definition) is 5. The fraction of sp³-hybridized carbons (Fsp3) is 0.429. The first kappa shape index (κ1) is 13.9. The summed E-state index contributed by atoms with van der Waals surface area (Å²) < 4.78 is 5.47. The van der Waals surface area contributed by atoms with Crippen molar-refractivity contribution in [3.05, 3.63) is 24.0 Å². The number of rotatable bonds is 6. The zero-order valence-electron chi connectivity index (χ0n) is 11.3. The molecule has 0 spiro atoms. The first-order valence-electron chi connectivity index (χ1n) is 6.50. The molecule has 0 bridgehead atoms. The Morgan fingerprint density at radius 2 is 2.16 bits per heavy atom. The minimum absolute atomic E-state index is 0.301. The number of nitrogens with zero attached hydrogens (tertiary/aromatic N) is 2. The lowest BCUT2D eigenvalue weighted by molar-refractivity contribution is 0.577. The molecule has 2 rings (SSSR count). The van der Waals surface area contributed by atoms with Crippen molar-refractivity contribution in [3.63, 3.8) is 0 Å². The highest BCUT2D eigenvalue weighted by atomic mass is 32.2. The van der Waals surface area contributed by atoms with E-state index in [0.29, 0.717) is 5.95 Å². The van der Waals surface area contributed by atoms with Gasteiger partial charge >= 0.3 is 0 Å². The summed E-state index contributed by atoms with van der Waals surface area (Å²) in [7, 11) is 0. The van der Waals surface area contributed by atoms with Crippen molar-refractivity contribution in [2.45, 2.75) is 37.6 Å². The molecule has 4 nitrogen and oxygen atoms in total. The number of furan rings is 1. The second-order valence-corrected chi connectivity index (χ2v) is 5.15. The molecule has 0 amide bonds. The third-order valence-corrected chi connectivity index (χ3v) is 3.69. The Hall–Kier alpha value is -1.49. The van der Waals surface area contributed by atoms with Gasteiger partial charge in [0.1, 0.15) is 10.7 Å². The first-order chi connectivity index (χ1) is 9.26.